The molecule has 9 nitrogen and oxygen atoms in total. The molecule has 0 spiro atoms. The molecule has 0 unspecified atom stereocenters. The van der Waals surface area contributed by atoms with Gasteiger partial charge < -0.3 is 25.8 Å². The van der Waals surface area contributed by atoms with Crippen molar-refractivity contribution >= 4 is 23.9 Å². The summed E-state index contributed by atoms with van der Waals surface area (Å²) in [6.45, 7) is 6.63. The third-order valence-corrected chi connectivity index (χ3v) is 3.67. The maximum atomic E-state index is 12.2. The van der Waals surface area contributed by atoms with Gasteiger partial charge in [0, 0.05) is 6.42 Å². The van der Waals surface area contributed by atoms with Gasteiger partial charge in [-0.2, -0.15) is 0 Å². The molecule has 2 atom stereocenters. The van der Waals surface area contributed by atoms with E-state index >= 15 is 0 Å². The average Bonchev–Trinajstić information content (AvgIpc) is 2.62. The third kappa shape index (κ3) is 10.1. The first-order chi connectivity index (χ1) is 13.5. The number of ether oxygens (including phenoxy) is 2. The monoisotopic (exact) mass is 407 g/mol. The normalized spacial score (nSPS) is 13.0. The van der Waals surface area contributed by atoms with Crippen molar-refractivity contribution in [2.24, 2.45) is 5.73 Å². The fourth-order valence-electron chi connectivity index (χ4n) is 2.20. The summed E-state index contributed by atoms with van der Waals surface area (Å²) in [5, 5.41) is 4.79. The van der Waals surface area contributed by atoms with E-state index in [1.165, 1.54) is 6.92 Å². The van der Waals surface area contributed by atoms with E-state index in [-0.39, 0.29) is 19.4 Å². The summed E-state index contributed by atoms with van der Waals surface area (Å²) in [7, 11) is 0. The number of nitrogens with one attached hydrogen (secondary N) is 2. The molecule has 0 aliphatic carbocycles. The molecule has 9 heteroatoms. The van der Waals surface area contributed by atoms with Gasteiger partial charge in [0.15, 0.2) is 0 Å². The van der Waals surface area contributed by atoms with Crippen molar-refractivity contribution in [3.8, 4) is 0 Å². The number of nitrogens with two attached hydrogens (primary N) is 1. The van der Waals surface area contributed by atoms with Crippen molar-refractivity contribution in [2.45, 2.75) is 64.8 Å². The molecule has 1 aromatic carbocycles. The lowest BCUT2D eigenvalue weighted by Crippen LogP contribution is -2.52. The van der Waals surface area contributed by atoms with Crippen LogP contribution in [0.3, 0.4) is 0 Å². The van der Waals surface area contributed by atoms with Gasteiger partial charge in [0.05, 0.1) is 0 Å². The average molecular weight is 407 g/mol. The van der Waals surface area contributed by atoms with Crippen molar-refractivity contribution < 1.29 is 28.7 Å². The van der Waals surface area contributed by atoms with E-state index in [1.54, 1.807) is 20.8 Å². The maximum Gasteiger partial charge on any atom is 0.408 e. The van der Waals surface area contributed by atoms with Gasteiger partial charge in [-0.25, -0.2) is 4.79 Å². The van der Waals surface area contributed by atoms with Gasteiger partial charge in [0.2, 0.25) is 11.8 Å². The van der Waals surface area contributed by atoms with Gasteiger partial charge in [-0.05, 0) is 39.7 Å². The van der Waals surface area contributed by atoms with Crippen molar-refractivity contribution in [1.29, 1.82) is 0 Å². The van der Waals surface area contributed by atoms with E-state index in [1.807, 2.05) is 30.3 Å². The standard InChI is InChI=1S/C20H29N3O6/c1-13(22-19(27)29-20(2,3)4)18(26)23-15(17(21)25)10-11-16(24)28-12-14-8-6-5-7-9-14/h5-9,13,15H,10-12H2,1-4H3,(H2,21,25)(H,22,27)(H,23,26)/t13-,15-/m1/s1. The van der Waals surface area contributed by atoms with Crippen LogP contribution in [0.4, 0.5) is 4.79 Å². The second-order valence-electron chi connectivity index (χ2n) is 7.52. The van der Waals surface area contributed by atoms with Crippen molar-refractivity contribution in [1.82, 2.24) is 10.6 Å². The van der Waals surface area contributed by atoms with Crippen LogP contribution in [0.25, 0.3) is 0 Å². The number of hydrogen-bond donors (Lipinski definition) is 3. The van der Waals surface area contributed by atoms with E-state index in [0.717, 1.165) is 5.56 Å². The molecule has 160 valence electrons. The highest BCUT2D eigenvalue weighted by molar-refractivity contribution is 5.90. The van der Waals surface area contributed by atoms with Gasteiger partial charge in [-0.3, -0.25) is 14.4 Å². The Kier molecular flexibility index (Phi) is 9.11. The first-order valence-electron chi connectivity index (χ1n) is 9.26. The molecule has 29 heavy (non-hydrogen) atoms. The van der Waals surface area contributed by atoms with Gasteiger partial charge in [-0.15, -0.1) is 0 Å². The van der Waals surface area contributed by atoms with Crippen LogP contribution in [0.5, 0.6) is 0 Å². The number of alkyl carbamates (subject to hydrolysis) is 1. The molecule has 1 rings (SSSR count). The van der Waals surface area contributed by atoms with E-state index < -0.39 is 41.6 Å². The van der Waals surface area contributed by atoms with Crippen LogP contribution in [0, 0.1) is 0 Å². The topological polar surface area (TPSA) is 137 Å². The summed E-state index contributed by atoms with van der Waals surface area (Å²) < 4.78 is 10.2. The number of amides is 3. The van der Waals surface area contributed by atoms with E-state index in [2.05, 4.69) is 10.6 Å². The molecule has 0 fully saturated rings. The quantitative estimate of drug-likeness (QED) is 0.529. The molecule has 0 aliphatic rings. The third-order valence-electron chi connectivity index (χ3n) is 3.67. The number of primary amides is 1. The summed E-state index contributed by atoms with van der Waals surface area (Å²) in [6.07, 6.45) is -0.886. The molecule has 0 saturated heterocycles. The Morgan fingerprint density at radius 3 is 2.24 bits per heavy atom. The van der Waals surface area contributed by atoms with Crippen LogP contribution in [0.2, 0.25) is 0 Å². The Bertz CT molecular complexity index is 715. The predicted octanol–water partition coefficient (Wildman–Crippen LogP) is 1.39. The van der Waals surface area contributed by atoms with Gasteiger partial charge >= 0.3 is 12.1 Å². The highest BCUT2D eigenvalue weighted by Gasteiger charge is 2.25. The van der Waals surface area contributed by atoms with Crippen LogP contribution in [-0.2, 0) is 30.5 Å². The number of carbonyl (C=O) groups is 4. The molecule has 4 N–H and O–H groups in total. The number of benzene rings is 1. The van der Waals surface area contributed by atoms with Crippen LogP contribution < -0.4 is 16.4 Å². The summed E-state index contributed by atoms with van der Waals surface area (Å²) >= 11 is 0. The molecular weight excluding hydrogens is 378 g/mol. The smallest absolute Gasteiger partial charge is 0.408 e. The molecule has 1 aromatic rings. The van der Waals surface area contributed by atoms with Gasteiger partial charge in [0.25, 0.3) is 0 Å². The zero-order chi connectivity index (χ0) is 22.0. The first kappa shape index (κ1) is 23.9. The molecule has 3 amide bonds. The lowest BCUT2D eigenvalue weighted by atomic mass is 10.1. The minimum Gasteiger partial charge on any atom is -0.461 e. The molecule has 0 saturated carbocycles. The Labute approximate surface area is 170 Å². The fourth-order valence-corrected chi connectivity index (χ4v) is 2.20. The Morgan fingerprint density at radius 1 is 1.07 bits per heavy atom. The minimum atomic E-state index is -1.07. The van der Waals surface area contributed by atoms with Gasteiger partial charge in [0.1, 0.15) is 24.3 Å². The van der Waals surface area contributed by atoms with Crippen LogP contribution >= 0.6 is 0 Å². The van der Waals surface area contributed by atoms with E-state index in [0.29, 0.717) is 0 Å². The molecule has 0 bridgehead atoms. The Hall–Kier alpha value is -3.10. The molecule has 0 heterocycles. The van der Waals surface area contributed by atoms with Gasteiger partial charge in [-0.1, -0.05) is 30.3 Å². The maximum absolute atomic E-state index is 12.2. The van der Waals surface area contributed by atoms with E-state index in [4.69, 9.17) is 15.2 Å². The Balaban J connectivity index is 2.47. The van der Waals surface area contributed by atoms with Crippen molar-refractivity contribution in [3.63, 3.8) is 0 Å². The lowest BCUT2D eigenvalue weighted by molar-refractivity contribution is -0.145. The summed E-state index contributed by atoms with van der Waals surface area (Å²) in [5.41, 5.74) is 5.43. The number of esters is 1. The summed E-state index contributed by atoms with van der Waals surface area (Å²) in [5.74, 6) is -1.94. The Morgan fingerprint density at radius 2 is 1.69 bits per heavy atom. The zero-order valence-corrected chi connectivity index (χ0v) is 17.2. The van der Waals surface area contributed by atoms with Crippen molar-refractivity contribution in [2.75, 3.05) is 0 Å². The zero-order valence-electron chi connectivity index (χ0n) is 17.2. The number of carbonyl (C=O) groups excluding carboxylic acids is 4. The number of rotatable bonds is 9. The SMILES string of the molecule is C[C@@H](NC(=O)OC(C)(C)C)C(=O)N[C@H](CCC(=O)OCc1ccccc1)C(N)=O. The molecule has 0 aliphatic heterocycles. The van der Waals surface area contributed by atoms with Crippen LogP contribution in [0.1, 0.15) is 46.1 Å². The largest absolute Gasteiger partial charge is 0.461 e. The second-order valence-corrected chi connectivity index (χ2v) is 7.52. The van der Waals surface area contributed by atoms with Crippen LogP contribution in [-0.4, -0.2) is 41.6 Å². The minimum absolute atomic E-state index is 0.0200. The first-order valence-corrected chi connectivity index (χ1v) is 9.26. The van der Waals surface area contributed by atoms with Crippen LogP contribution in [0.15, 0.2) is 30.3 Å². The second kappa shape index (κ2) is 11.0. The highest BCUT2D eigenvalue weighted by Crippen LogP contribution is 2.07. The highest BCUT2D eigenvalue weighted by atomic mass is 16.6. The fraction of sp³-hybridized carbons (Fsp3) is 0.500. The number of hydrogen-bond acceptors (Lipinski definition) is 6. The molecule has 0 radical (unpaired) electrons. The van der Waals surface area contributed by atoms with Crippen molar-refractivity contribution in [3.05, 3.63) is 35.9 Å². The molecular formula is C20H29N3O6. The van der Waals surface area contributed by atoms with E-state index in [9.17, 15) is 19.2 Å². The summed E-state index contributed by atoms with van der Waals surface area (Å²) in [6, 6.07) is 7.11. The molecule has 0 aromatic heterocycles. The summed E-state index contributed by atoms with van der Waals surface area (Å²) in [4.78, 5) is 47.4. The predicted molar refractivity (Wildman–Crippen MR) is 105 cm³/mol. The lowest BCUT2D eigenvalue weighted by Gasteiger charge is -2.22.